The van der Waals surface area contributed by atoms with Crippen LogP contribution in [0.25, 0.3) is 22.3 Å². The molecule has 0 aliphatic heterocycles. The summed E-state index contributed by atoms with van der Waals surface area (Å²) in [6.45, 7) is 0. The second kappa shape index (κ2) is 7.49. The summed E-state index contributed by atoms with van der Waals surface area (Å²) in [5, 5.41) is 0. The predicted molar refractivity (Wildman–Crippen MR) is 107 cm³/mol. The Hall–Kier alpha value is -3.66. The van der Waals surface area contributed by atoms with Crippen LogP contribution in [0.1, 0.15) is 0 Å². The molecule has 4 heteroatoms. The van der Waals surface area contributed by atoms with E-state index >= 15 is 0 Å². The third kappa shape index (κ3) is 3.70. The van der Waals surface area contributed by atoms with E-state index < -0.39 is 0 Å². The fraction of sp³-hybridized carbons (Fsp3) is 0. The molecule has 0 atom stereocenters. The minimum Gasteiger partial charge on any atom is -0.301 e. The van der Waals surface area contributed by atoms with E-state index in [9.17, 15) is 0 Å². The zero-order valence-corrected chi connectivity index (χ0v) is 14.1. The van der Waals surface area contributed by atoms with Crippen LogP contribution in [-0.2, 0) is 0 Å². The maximum absolute atomic E-state index is 4.18. The number of hydrazine groups is 1. The van der Waals surface area contributed by atoms with Crippen LogP contribution in [0.15, 0.2) is 97.6 Å². The highest BCUT2D eigenvalue weighted by molar-refractivity contribution is 5.69. The predicted octanol–water partition coefficient (Wildman–Crippen LogP) is 5.25. The molecule has 0 bridgehead atoms. The fourth-order valence-corrected chi connectivity index (χ4v) is 2.73. The molecule has 4 aromatic rings. The van der Waals surface area contributed by atoms with Gasteiger partial charge in [-0.3, -0.25) is 9.97 Å². The number of hydrogen-bond acceptors (Lipinski definition) is 4. The van der Waals surface area contributed by atoms with Crippen molar-refractivity contribution in [3.05, 3.63) is 97.6 Å². The molecular weight excluding hydrogens is 320 g/mol. The Morgan fingerprint density at radius 2 is 1.12 bits per heavy atom. The Morgan fingerprint density at radius 1 is 0.500 bits per heavy atom. The fourth-order valence-electron chi connectivity index (χ4n) is 2.73. The third-order valence-corrected chi connectivity index (χ3v) is 4.09. The number of aromatic nitrogens is 2. The van der Waals surface area contributed by atoms with E-state index in [1.165, 1.54) is 0 Å². The molecule has 0 radical (unpaired) electrons. The van der Waals surface area contributed by atoms with Gasteiger partial charge >= 0.3 is 0 Å². The van der Waals surface area contributed by atoms with Crippen molar-refractivity contribution in [1.29, 1.82) is 0 Å². The average Bonchev–Trinajstić information content (AvgIpc) is 2.74. The van der Waals surface area contributed by atoms with Crippen molar-refractivity contribution in [3.63, 3.8) is 0 Å². The minimum atomic E-state index is 0.989. The van der Waals surface area contributed by atoms with E-state index in [1.54, 1.807) is 12.4 Å². The lowest BCUT2D eigenvalue weighted by Gasteiger charge is -2.12. The summed E-state index contributed by atoms with van der Waals surface area (Å²) in [6, 6.07) is 24.4. The van der Waals surface area contributed by atoms with Crippen LogP contribution in [-0.4, -0.2) is 9.97 Å². The summed E-state index contributed by atoms with van der Waals surface area (Å²) in [6.07, 6.45) is 7.29. The molecule has 126 valence electrons. The van der Waals surface area contributed by atoms with Crippen LogP contribution in [0.3, 0.4) is 0 Å². The lowest BCUT2D eigenvalue weighted by atomic mass is 10.1. The van der Waals surface area contributed by atoms with Gasteiger partial charge in [0.1, 0.15) is 0 Å². The molecule has 2 N–H and O–H groups in total. The van der Waals surface area contributed by atoms with E-state index in [0.29, 0.717) is 0 Å². The first-order valence-corrected chi connectivity index (χ1v) is 8.41. The van der Waals surface area contributed by atoms with Gasteiger partial charge in [-0.15, -0.1) is 0 Å². The summed E-state index contributed by atoms with van der Waals surface area (Å²) in [5.41, 5.74) is 12.9. The zero-order valence-electron chi connectivity index (χ0n) is 14.1. The van der Waals surface area contributed by atoms with Gasteiger partial charge in [-0.2, -0.15) is 0 Å². The van der Waals surface area contributed by atoms with Crippen LogP contribution in [0.2, 0.25) is 0 Å². The Bertz CT molecular complexity index is 968. The van der Waals surface area contributed by atoms with Gasteiger partial charge in [-0.05, 0) is 53.1 Å². The normalized spacial score (nSPS) is 10.3. The van der Waals surface area contributed by atoms with E-state index in [0.717, 1.165) is 33.6 Å². The number of nitrogens with one attached hydrogen (secondary N) is 2. The van der Waals surface area contributed by atoms with Crippen molar-refractivity contribution in [3.8, 4) is 22.3 Å². The number of hydrogen-bond donors (Lipinski definition) is 2. The molecule has 2 aromatic heterocycles. The number of rotatable bonds is 5. The maximum Gasteiger partial charge on any atom is 0.0546 e. The second-order valence-corrected chi connectivity index (χ2v) is 5.89. The van der Waals surface area contributed by atoms with Gasteiger partial charge < -0.3 is 10.9 Å². The standard InChI is InChI=1S/C22H18N4/c1-4-18(20-6-3-13-24-16-20)14-22(7-1)26-25-21-10-8-17(9-11-21)19-5-2-12-23-15-19/h1-16,25-26H. The van der Waals surface area contributed by atoms with Gasteiger partial charge in [0.2, 0.25) is 0 Å². The minimum absolute atomic E-state index is 0.989. The summed E-state index contributed by atoms with van der Waals surface area (Å²) in [7, 11) is 0. The lowest BCUT2D eigenvalue weighted by Crippen LogP contribution is -2.08. The van der Waals surface area contributed by atoms with E-state index in [-0.39, 0.29) is 0 Å². The number of anilines is 2. The van der Waals surface area contributed by atoms with Crippen LogP contribution >= 0.6 is 0 Å². The molecule has 0 aliphatic rings. The smallest absolute Gasteiger partial charge is 0.0546 e. The molecule has 0 fully saturated rings. The van der Waals surface area contributed by atoms with Crippen molar-refractivity contribution in [2.45, 2.75) is 0 Å². The van der Waals surface area contributed by atoms with Crippen LogP contribution in [0, 0.1) is 0 Å². The van der Waals surface area contributed by atoms with Gasteiger partial charge in [-0.1, -0.05) is 36.4 Å². The molecule has 0 saturated carbocycles. The molecule has 0 spiro atoms. The number of pyridine rings is 2. The Morgan fingerprint density at radius 3 is 1.77 bits per heavy atom. The highest BCUT2D eigenvalue weighted by Gasteiger charge is 2.00. The molecule has 4 rings (SSSR count). The Balaban J connectivity index is 1.44. The molecular formula is C22H18N4. The van der Waals surface area contributed by atoms with Gasteiger partial charge in [0.05, 0.1) is 11.4 Å². The lowest BCUT2D eigenvalue weighted by molar-refractivity contribution is 1.33. The van der Waals surface area contributed by atoms with Gasteiger partial charge in [0.15, 0.2) is 0 Å². The third-order valence-electron chi connectivity index (χ3n) is 4.09. The molecule has 0 unspecified atom stereocenters. The van der Waals surface area contributed by atoms with E-state index in [2.05, 4.69) is 57.2 Å². The van der Waals surface area contributed by atoms with Crippen molar-refractivity contribution in [2.24, 2.45) is 0 Å². The van der Waals surface area contributed by atoms with E-state index in [1.807, 2.05) is 48.8 Å². The molecule has 2 heterocycles. The molecule has 0 aliphatic carbocycles. The second-order valence-electron chi connectivity index (χ2n) is 5.89. The monoisotopic (exact) mass is 338 g/mol. The largest absolute Gasteiger partial charge is 0.301 e. The number of nitrogens with zero attached hydrogens (tertiary/aromatic N) is 2. The highest BCUT2D eigenvalue weighted by atomic mass is 15.4. The first kappa shape index (κ1) is 15.8. The van der Waals surface area contributed by atoms with Gasteiger partial charge in [0, 0.05) is 30.4 Å². The average molecular weight is 338 g/mol. The van der Waals surface area contributed by atoms with Crippen molar-refractivity contribution in [2.75, 3.05) is 10.9 Å². The summed E-state index contributed by atoms with van der Waals surface area (Å²) in [4.78, 5) is 8.34. The SMILES string of the molecule is c1cncc(-c2ccc(NNc3cccc(-c4cccnc4)c3)cc2)c1. The van der Waals surface area contributed by atoms with Crippen LogP contribution in [0.4, 0.5) is 11.4 Å². The first-order chi connectivity index (χ1) is 12.9. The molecule has 4 nitrogen and oxygen atoms in total. The highest BCUT2D eigenvalue weighted by Crippen LogP contribution is 2.23. The van der Waals surface area contributed by atoms with Gasteiger partial charge in [-0.25, -0.2) is 0 Å². The quantitative estimate of drug-likeness (QED) is 0.488. The molecule has 0 amide bonds. The van der Waals surface area contributed by atoms with Crippen molar-refractivity contribution >= 4 is 11.4 Å². The topological polar surface area (TPSA) is 49.8 Å². The number of benzene rings is 2. The van der Waals surface area contributed by atoms with Crippen molar-refractivity contribution in [1.82, 2.24) is 9.97 Å². The molecule has 26 heavy (non-hydrogen) atoms. The van der Waals surface area contributed by atoms with E-state index in [4.69, 9.17) is 0 Å². The first-order valence-electron chi connectivity index (χ1n) is 8.41. The summed E-state index contributed by atoms with van der Waals surface area (Å²) in [5.74, 6) is 0. The Kier molecular flexibility index (Phi) is 4.56. The summed E-state index contributed by atoms with van der Waals surface area (Å²) < 4.78 is 0. The molecule has 2 aromatic carbocycles. The van der Waals surface area contributed by atoms with Crippen molar-refractivity contribution < 1.29 is 0 Å². The zero-order chi connectivity index (χ0) is 17.6. The Labute approximate surface area is 152 Å². The van der Waals surface area contributed by atoms with Crippen LogP contribution in [0.5, 0.6) is 0 Å². The summed E-state index contributed by atoms with van der Waals surface area (Å²) >= 11 is 0. The van der Waals surface area contributed by atoms with Gasteiger partial charge in [0.25, 0.3) is 0 Å². The maximum atomic E-state index is 4.18. The van der Waals surface area contributed by atoms with Crippen LogP contribution < -0.4 is 10.9 Å². The molecule has 0 saturated heterocycles.